The van der Waals surface area contributed by atoms with E-state index in [0.29, 0.717) is 6.54 Å². The molecular formula is C16H27ClN2O2. The predicted octanol–water partition coefficient (Wildman–Crippen LogP) is 2.89. The quantitative estimate of drug-likeness (QED) is 0.725. The molecule has 1 amide bonds. The smallest absolute Gasteiger partial charge is 0.224 e. The van der Waals surface area contributed by atoms with Gasteiger partial charge < -0.3 is 15.8 Å². The molecule has 120 valence electrons. The molecular weight excluding hydrogens is 288 g/mol. The fourth-order valence-corrected chi connectivity index (χ4v) is 1.67. The Morgan fingerprint density at radius 3 is 2.71 bits per heavy atom. The van der Waals surface area contributed by atoms with Crippen molar-refractivity contribution in [3.05, 3.63) is 29.8 Å². The standard InChI is InChI=1S/C16H26N2O2.ClH/c1-4-5-9-20-15-8-6-7-14(10-15)11-18-16(19)12(2)13(3)17;/h6-8,10,12-13H,4-5,9,11,17H2,1-3H3,(H,18,19);1H. The minimum Gasteiger partial charge on any atom is -0.494 e. The molecule has 21 heavy (non-hydrogen) atoms. The van der Waals surface area contributed by atoms with E-state index in [1.807, 2.05) is 38.1 Å². The van der Waals surface area contributed by atoms with Crippen molar-refractivity contribution in [2.75, 3.05) is 6.61 Å². The third kappa shape index (κ3) is 7.34. The van der Waals surface area contributed by atoms with Gasteiger partial charge in [-0.15, -0.1) is 12.4 Å². The lowest BCUT2D eigenvalue weighted by Crippen LogP contribution is -2.38. The van der Waals surface area contributed by atoms with Crippen molar-refractivity contribution in [3.8, 4) is 5.75 Å². The summed E-state index contributed by atoms with van der Waals surface area (Å²) in [6.45, 7) is 7.04. The molecule has 0 spiro atoms. The van der Waals surface area contributed by atoms with Gasteiger partial charge in [0.15, 0.2) is 0 Å². The number of carbonyl (C=O) groups excluding carboxylic acids is 1. The lowest BCUT2D eigenvalue weighted by atomic mass is 10.0. The van der Waals surface area contributed by atoms with Crippen molar-refractivity contribution in [2.24, 2.45) is 11.7 Å². The number of nitrogens with one attached hydrogen (secondary N) is 1. The Kier molecular flexibility index (Phi) is 9.84. The summed E-state index contributed by atoms with van der Waals surface area (Å²) in [5.74, 6) is 0.654. The first kappa shape index (κ1) is 19.7. The Morgan fingerprint density at radius 1 is 1.38 bits per heavy atom. The summed E-state index contributed by atoms with van der Waals surface area (Å²) in [5, 5.41) is 2.90. The zero-order valence-electron chi connectivity index (χ0n) is 13.1. The molecule has 0 heterocycles. The van der Waals surface area contributed by atoms with Gasteiger partial charge in [-0.2, -0.15) is 0 Å². The van der Waals surface area contributed by atoms with E-state index in [0.717, 1.165) is 30.8 Å². The minimum atomic E-state index is -0.181. The molecule has 0 bridgehead atoms. The van der Waals surface area contributed by atoms with Crippen molar-refractivity contribution in [1.82, 2.24) is 5.32 Å². The molecule has 1 rings (SSSR count). The second-order valence-electron chi connectivity index (χ2n) is 5.22. The molecule has 3 N–H and O–H groups in total. The molecule has 0 radical (unpaired) electrons. The normalized spacial score (nSPS) is 13.0. The van der Waals surface area contributed by atoms with Crippen LogP contribution in [0.15, 0.2) is 24.3 Å². The van der Waals surface area contributed by atoms with Crippen molar-refractivity contribution >= 4 is 18.3 Å². The number of rotatable bonds is 8. The molecule has 0 aliphatic carbocycles. The third-order valence-electron chi connectivity index (χ3n) is 3.33. The van der Waals surface area contributed by atoms with Crippen LogP contribution in [0.2, 0.25) is 0 Å². The Balaban J connectivity index is 0.00000400. The summed E-state index contributed by atoms with van der Waals surface area (Å²) in [5.41, 5.74) is 6.75. The maximum absolute atomic E-state index is 11.8. The summed E-state index contributed by atoms with van der Waals surface area (Å²) in [7, 11) is 0. The van der Waals surface area contributed by atoms with Gasteiger partial charge in [0.2, 0.25) is 5.91 Å². The number of unbranched alkanes of at least 4 members (excludes halogenated alkanes) is 1. The summed E-state index contributed by atoms with van der Waals surface area (Å²) in [6, 6.07) is 7.68. The Morgan fingerprint density at radius 2 is 2.10 bits per heavy atom. The van der Waals surface area contributed by atoms with Crippen LogP contribution in [0.1, 0.15) is 39.2 Å². The zero-order chi connectivity index (χ0) is 15.0. The van der Waals surface area contributed by atoms with E-state index in [1.165, 1.54) is 0 Å². The lowest BCUT2D eigenvalue weighted by molar-refractivity contribution is -0.125. The molecule has 0 aliphatic rings. The fourth-order valence-electron chi connectivity index (χ4n) is 1.67. The molecule has 0 saturated heterocycles. The highest BCUT2D eigenvalue weighted by Crippen LogP contribution is 2.14. The molecule has 2 atom stereocenters. The lowest BCUT2D eigenvalue weighted by Gasteiger charge is -2.15. The number of hydrogen-bond acceptors (Lipinski definition) is 3. The van der Waals surface area contributed by atoms with E-state index in [-0.39, 0.29) is 30.3 Å². The monoisotopic (exact) mass is 314 g/mol. The van der Waals surface area contributed by atoms with Gasteiger partial charge in [-0.3, -0.25) is 4.79 Å². The average molecular weight is 315 g/mol. The second kappa shape index (κ2) is 10.5. The van der Waals surface area contributed by atoms with Gasteiger partial charge in [-0.05, 0) is 31.0 Å². The van der Waals surface area contributed by atoms with Crippen molar-refractivity contribution in [3.63, 3.8) is 0 Å². The zero-order valence-corrected chi connectivity index (χ0v) is 13.9. The first-order valence-corrected chi connectivity index (χ1v) is 7.29. The average Bonchev–Trinajstić information content (AvgIpc) is 2.44. The van der Waals surface area contributed by atoms with Crippen LogP contribution in [0.4, 0.5) is 0 Å². The highest BCUT2D eigenvalue weighted by Gasteiger charge is 2.16. The van der Waals surface area contributed by atoms with Crippen LogP contribution in [-0.4, -0.2) is 18.6 Å². The number of halogens is 1. The molecule has 1 aromatic carbocycles. The van der Waals surface area contributed by atoms with Gasteiger partial charge in [0.05, 0.1) is 6.61 Å². The third-order valence-corrected chi connectivity index (χ3v) is 3.33. The van der Waals surface area contributed by atoms with Gasteiger partial charge in [-0.1, -0.05) is 32.4 Å². The SMILES string of the molecule is CCCCOc1cccc(CNC(=O)C(C)C(C)N)c1.Cl. The minimum absolute atomic E-state index is 0. The van der Waals surface area contributed by atoms with E-state index in [4.69, 9.17) is 10.5 Å². The van der Waals surface area contributed by atoms with Gasteiger partial charge in [0.1, 0.15) is 5.75 Å². The van der Waals surface area contributed by atoms with Crippen molar-refractivity contribution in [1.29, 1.82) is 0 Å². The van der Waals surface area contributed by atoms with Crippen molar-refractivity contribution < 1.29 is 9.53 Å². The fraction of sp³-hybridized carbons (Fsp3) is 0.562. The highest BCUT2D eigenvalue weighted by atomic mass is 35.5. The summed E-state index contributed by atoms with van der Waals surface area (Å²) >= 11 is 0. The van der Waals surface area contributed by atoms with E-state index >= 15 is 0 Å². The summed E-state index contributed by atoms with van der Waals surface area (Å²) < 4.78 is 5.65. The van der Waals surface area contributed by atoms with Crippen LogP contribution in [0.3, 0.4) is 0 Å². The first-order valence-electron chi connectivity index (χ1n) is 7.29. The predicted molar refractivity (Wildman–Crippen MR) is 88.8 cm³/mol. The molecule has 0 fully saturated rings. The Hall–Kier alpha value is -1.26. The maximum atomic E-state index is 11.8. The molecule has 0 saturated carbocycles. The number of carbonyl (C=O) groups is 1. The number of ether oxygens (including phenoxy) is 1. The van der Waals surface area contributed by atoms with Crippen LogP contribution in [0.25, 0.3) is 0 Å². The molecule has 2 unspecified atom stereocenters. The molecule has 1 aromatic rings. The van der Waals surface area contributed by atoms with Crippen LogP contribution >= 0.6 is 12.4 Å². The first-order chi connectivity index (χ1) is 9.54. The molecule has 0 aromatic heterocycles. The topological polar surface area (TPSA) is 64.3 Å². The van der Waals surface area contributed by atoms with Crippen LogP contribution in [-0.2, 0) is 11.3 Å². The van der Waals surface area contributed by atoms with Crippen LogP contribution < -0.4 is 15.8 Å². The van der Waals surface area contributed by atoms with Crippen LogP contribution in [0.5, 0.6) is 5.75 Å². The second-order valence-corrected chi connectivity index (χ2v) is 5.22. The largest absolute Gasteiger partial charge is 0.494 e. The number of nitrogens with two attached hydrogens (primary N) is 1. The summed E-state index contributed by atoms with van der Waals surface area (Å²) in [6.07, 6.45) is 2.16. The van der Waals surface area contributed by atoms with E-state index in [2.05, 4.69) is 12.2 Å². The maximum Gasteiger partial charge on any atom is 0.224 e. The molecule has 4 nitrogen and oxygen atoms in total. The molecule has 5 heteroatoms. The summed E-state index contributed by atoms with van der Waals surface area (Å²) in [4.78, 5) is 11.8. The number of amides is 1. The number of hydrogen-bond donors (Lipinski definition) is 2. The number of benzene rings is 1. The van der Waals surface area contributed by atoms with Gasteiger partial charge in [-0.25, -0.2) is 0 Å². The van der Waals surface area contributed by atoms with Gasteiger partial charge in [0.25, 0.3) is 0 Å². The van der Waals surface area contributed by atoms with E-state index in [1.54, 1.807) is 0 Å². The molecule has 0 aliphatic heterocycles. The van der Waals surface area contributed by atoms with E-state index in [9.17, 15) is 4.79 Å². The van der Waals surface area contributed by atoms with Gasteiger partial charge >= 0.3 is 0 Å². The van der Waals surface area contributed by atoms with E-state index < -0.39 is 0 Å². The Labute approximate surface area is 133 Å². The van der Waals surface area contributed by atoms with Crippen molar-refractivity contribution in [2.45, 2.75) is 46.2 Å². The van der Waals surface area contributed by atoms with Gasteiger partial charge in [0, 0.05) is 18.5 Å². The van der Waals surface area contributed by atoms with Crippen LogP contribution in [0, 0.1) is 5.92 Å². The Bertz CT molecular complexity index is 424. The highest BCUT2D eigenvalue weighted by molar-refractivity contribution is 5.85.